The van der Waals surface area contributed by atoms with E-state index in [9.17, 15) is 14.7 Å². The monoisotopic (exact) mass is 638 g/mol. The number of anilines is 1. The van der Waals surface area contributed by atoms with E-state index >= 15 is 0 Å². The average Bonchev–Trinajstić information content (AvgIpc) is 3.68. The van der Waals surface area contributed by atoms with Gasteiger partial charge in [0.1, 0.15) is 11.3 Å². The van der Waals surface area contributed by atoms with Gasteiger partial charge in [-0.05, 0) is 87.6 Å². The maximum atomic E-state index is 14.0. The van der Waals surface area contributed by atoms with Gasteiger partial charge in [-0.2, -0.15) is 0 Å². The van der Waals surface area contributed by atoms with Crippen LogP contribution in [0.1, 0.15) is 72.8 Å². The lowest BCUT2D eigenvalue weighted by Crippen LogP contribution is -2.29. The Kier molecular flexibility index (Phi) is 8.57. The molecule has 0 saturated carbocycles. The molecule has 2 aromatic carbocycles. The second-order valence-corrected chi connectivity index (χ2v) is 12.7. The minimum absolute atomic E-state index is 0.0552. The molecule has 3 aromatic heterocycles. The van der Waals surface area contributed by atoms with Gasteiger partial charge in [-0.25, -0.2) is 9.97 Å². The summed E-state index contributed by atoms with van der Waals surface area (Å²) in [5, 5.41) is 12.3. The number of aryl methyl sites for hydroxylation is 4. The Balaban J connectivity index is 1.55. The minimum Gasteiger partial charge on any atom is -0.505 e. The fraction of sp³-hybridized carbons (Fsp3) is 0.333. The molecule has 9 nitrogen and oxygen atoms in total. The molecule has 1 aliphatic rings. The van der Waals surface area contributed by atoms with E-state index in [0.717, 1.165) is 46.2 Å². The largest absolute Gasteiger partial charge is 0.505 e. The minimum atomic E-state index is -0.986. The van der Waals surface area contributed by atoms with Gasteiger partial charge >= 0.3 is 5.91 Å². The van der Waals surface area contributed by atoms with Gasteiger partial charge in [-0.15, -0.1) is 0 Å². The maximum absolute atomic E-state index is 14.0. The van der Waals surface area contributed by atoms with E-state index in [-0.39, 0.29) is 17.0 Å². The van der Waals surface area contributed by atoms with Crippen LogP contribution in [0.4, 0.5) is 5.13 Å². The first-order valence-corrected chi connectivity index (χ1v) is 16.5. The van der Waals surface area contributed by atoms with Gasteiger partial charge in [0.15, 0.2) is 22.4 Å². The van der Waals surface area contributed by atoms with E-state index in [4.69, 9.17) is 19.4 Å². The molecule has 0 aliphatic carbocycles. The molecule has 4 heterocycles. The fourth-order valence-corrected chi connectivity index (χ4v) is 7.27. The van der Waals surface area contributed by atoms with Gasteiger partial charge in [0.2, 0.25) is 0 Å². The summed E-state index contributed by atoms with van der Waals surface area (Å²) in [5.74, 6) is -0.831. The third-order valence-electron chi connectivity index (χ3n) is 8.37. The summed E-state index contributed by atoms with van der Waals surface area (Å²) in [4.78, 5) is 38.9. The number of carbonyl (C=O) groups is 2. The molecule has 10 heteroatoms. The summed E-state index contributed by atoms with van der Waals surface area (Å²) in [5.41, 5.74) is 5.81. The van der Waals surface area contributed by atoms with Crippen molar-refractivity contribution in [2.75, 3.05) is 18.1 Å². The number of fused-ring (bicyclic) bond motifs is 2. The van der Waals surface area contributed by atoms with Crippen LogP contribution in [0.3, 0.4) is 0 Å². The first-order valence-electron chi connectivity index (χ1n) is 15.7. The van der Waals surface area contributed by atoms with Crippen molar-refractivity contribution in [3.05, 3.63) is 87.9 Å². The molecule has 1 aliphatic heterocycles. The highest BCUT2D eigenvalue weighted by molar-refractivity contribution is 7.22. The van der Waals surface area contributed by atoms with Gasteiger partial charge in [0.25, 0.3) is 5.78 Å². The van der Waals surface area contributed by atoms with E-state index < -0.39 is 17.7 Å². The van der Waals surface area contributed by atoms with Crippen LogP contribution in [0.5, 0.6) is 11.5 Å². The first-order chi connectivity index (χ1) is 22.1. The Morgan fingerprint density at radius 1 is 0.957 bits per heavy atom. The predicted octanol–water partition coefficient (Wildman–Crippen LogP) is 7.77. The quantitative estimate of drug-likeness (QED) is 0.0721. The molecule has 0 radical (unpaired) electrons. The lowest BCUT2D eigenvalue weighted by atomic mass is 9.96. The second-order valence-electron chi connectivity index (χ2n) is 11.7. The van der Waals surface area contributed by atoms with E-state index in [1.165, 1.54) is 16.2 Å². The van der Waals surface area contributed by atoms with Gasteiger partial charge in [-0.1, -0.05) is 49.3 Å². The second kappa shape index (κ2) is 12.6. The maximum Gasteiger partial charge on any atom is 0.301 e. The number of aliphatic hydroxyl groups excluding tert-OH is 1. The molecule has 1 N–H and O–H groups in total. The number of thiazole rings is 1. The van der Waals surface area contributed by atoms with Gasteiger partial charge in [-0.3, -0.25) is 14.5 Å². The lowest BCUT2D eigenvalue weighted by Gasteiger charge is -2.24. The number of ketones is 1. The van der Waals surface area contributed by atoms with Crippen molar-refractivity contribution >= 4 is 49.8 Å². The number of pyridine rings is 1. The average molecular weight is 639 g/mol. The third kappa shape index (κ3) is 5.40. The number of imidazole rings is 1. The molecule has 1 saturated heterocycles. The number of carbonyl (C=O) groups excluding carboxylic acids is 2. The number of Topliss-reactive ketones (excluding diaryl/α,β-unsaturated/α-hetero) is 1. The molecular formula is C36H38N4O5S. The van der Waals surface area contributed by atoms with E-state index in [1.807, 2.05) is 75.5 Å². The van der Waals surface area contributed by atoms with Crippen LogP contribution in [0.2, 0.25) is 0 Å². The lowest BCUT2D eigenvalue weighted by molar-refractivity contribution is -0.132. The molecule has 1 fully saturated rings. The topological polar surface area (TPSA) is 106 Å². The van der Waals surface area contributed by atoms with Crippen molar-refractivity contribution < 1.29 is 24.2 Å². The first kappa shape index (κ1) is 31.3. The normalized spacial score (nSPS) is 16.2. The Morgan fingerprint density at radius 3 is 2.50 bits per heavy atom. The molecule has 46 heavy (non-hydrogen) atoms. The van der Waals surface area contributed by atoms with Crippen molar-refractivity contribution in [2.45, 2.75) is 66.8 Å². The highest BCUT2D eigenvalue weighted by Gasteiger charge is 2.49. The zero-order valence-electron chi connectivity index (χ0n) is 27.0. The van der Waals surface area contributed by atoms with E-state index in [1.54, 1.807) is 12.1 Å². The summed E-state index contributed by atoms with van der Waals surface area (Å²) in [6, 6.07) is 12.3. The predicted molar refractivity (Wildman–Crippen MR) is 181 cm³/mol. The van der Waals surface area contributed by atoms with E-state index in [2.05, 4.69) is 6.92 Å². The molecule has 1 atom stereocenters. The molecule has 5 aromatic rings. The highest BCUT2D eigenvalue weighted by Crippen LogP contribution is 2.46. The van der Waals surface area contributed by atoms with Crippen molar-refractivity contribution in [3.8, 4) is 11.5 Å². The summed E-state index contributed by atoms with van der Waals surface area (Å²) >= 11 is 1.34. The number of hydrogen-bond acceptors (Lipinski definition) is 8. The smallest absolute Gasteiger partial charge is 0.301 e. The number of unbranched alkanes of at least 4 members (excludes halogenated alkanes) is 2. The Hall–Kier alpha value is -4.70. The summed E-state index contributed by atoms with van der Waals surface area (Å²) in [7, 11) is 0. The molecular weight excluding hydrogens is 600 g/mol. The summed E-state index contributed by atoms with van der Waals surface area (Å²) in [6.07, 6.45) is 4.91. The number of hydrogen-bond donors (Lipinski definition) is 1. The molecule has 6 rings (SSSR count). The van der Waals surface area contributed by atoms with Crippen molar-refractivity contribution in [2.24, 2.45) is 0 Å². The van der Waals surface area contributed by atoms with Crippen LogP contribution in [0.25, 0.3) is 21.6 Å². The van der Waals surface area contributed by atoms with Crippen LogP contribution in [0, 0.1) is 27.7 Å². The molecule has 0 spiro atoms. The Labute approximate surface area is 272 Å². The molecule has 1 amide bonds. The van der Waals surface area contributed by atoms with Crippen LogP contribution in [0.15, 0.2) is 54.2 Å². The Morgan fingerprint density at radius 2 is 1.76 bits per heavy atom. The Bertz CT molecular complexity index is 2020. The number of aliphatic hydroxyl groups is 1. The van der Waals surface area contributed by atoms with Crippen molar-refractivity contribution in [1.29, 1.82) is 0 Å². The number of nitrogens with zero attached hydrogens (tertiary/aromatic N) is 4. The number of rotatable bonds is 10. The van der Waals surface area contributed by atoms with Crippen molar-refractivity contribution in [3.63, 3.8) is 0 Å². The highest BCUT2D eigenvalue weighted by atomic mass is 32.1. The SMILES string of the molecule is CCCCCOc1ccc(C2/C(=C(\O)c3nc4c(C)cccn4c3C)C(=O)C(=O)N2c2nc3c(C)cc(C)cc3s2)cc1OCC. The standard InChI is InChI=1S/C36H38N4O5S/c1-7-9-10-16-45-25-14-13-24(19-26(25)44-8-2)31-28(32(41)30-23(6)39-15-11-12-21(4)34(39)37-30)33(42)35(43)40(31)36-38-29-22(5)17-20(3)18-27(29)46-36/h11-15,17-19,31,41H,7-10,16H2,1-6H3/b32-28+. The zero-order chi connectivity index (χ0) is 32.7. The van der Waals surface area contributed by atoms with Crippen LogP contribution >= 0.6 is 11.3 Å². The number of amides is 1. The van der Waals surface area contributed by atoms with Crippen molar-refractivity contribution in [1.82, 2.24) is 14.4 Å². The van der Waals surface area contributed by atoms with Crippen LogP contribution in [-0.4, -0.2) is 44.4 Å². The summed E-state index contributed by atoms with van der Waals surface area (Å²) in [6.45, 7) is 12.7. The zero-order valence-corrected chi connectivity index (χ0v) is 27.8. The third-order valence-corrected chi connectivity index (χ3v) is 9.37. The van der Waals surface area contributed by atoms with Gasteiger partial charge in [0, 0.05) is 6.20 Å². The summed E-state index contributed by atoms with van der Waals surface area (Å²) < 4.78 is 14.8. The fourth-order valence-electron chi connectivity index (χ4n) is 6.10. The number of ether oxygens (including phenoxy) is 2. The number of aromatic nitrogens is 3. The number of benzene rings is 2. The molecule has 0 bridgehead atoms. The molecule has 1 unspecified atom stereocenters. The molecule has 238 valence electrons. The van der Waals surface area contributed by atoms with Crippen LogP contribution in [-0.2, 0) is 9.59 Å². The van der Waals surface area contributed by atoms with Gasteiger partial charge < -0.3 is 19.0 Å². The van der Waals surface area contributed by atoms with Gasteiger partial charge in [0.05, 0.1) is 40.7 Å². The van der Waals surface area contributed by atoms with Crippen LogP contribution < -0.4 is 14.4 Å². The van der Waals surface area contributed by atoms with E-state index in [0.29, 0.717) is 46.7 Å².